The van der Waals surface area contributed by atoms with Gasteiger partial charge >= 0.3 is 0 Å². The van der Waals surface area contributed by atoms with E-state index in [0.717, 1.165) is 22.3 Å². The fourth-order valence-electron chi connectivity index (χ4n) is 2.07. The average molecular weight is 280 g/mol. The lowest BCUT2D eigenvalue weighted by Crippen LogP contribution is -2.08. The van der Waals surface area contributed by atoms with E-state index >= 15 is 0 Å². The number of hydrogen-bond donors (Lipinski definition) is 1. The molecule has 21 heavy (non-hydrogen) atoms. The van der Waals surface area contributed by atoms with Gasteiger partial charge in [0.2, 0.25) is 5.88 Å². The van der Waals surface area contributed by atoms with Crippen LogP contribution in [0.4, 0.5) is 11.4 Å². The van der Waals surface area contributed by atoms with Gasteiger partial charge in [-0.15, -0.1) is 0 Å². The van der Waals surface area contributed by atoms with Crippen molar-refractivity contribution < 1.29 is 4.74 Å². The van der Waals surface area contributed by atoms with Crippen molar-refractivity contribution >= 4 is 22.3 Å². The van der Waals surface area contributed by atoms with Crippen LogP contribution in [-0.2, 0) is 0 Å². The molecule has 2 aromatic carbocycles. The summed E-state index contributed by atoms with van der Waals surface area (Å²) >= 11 is 0. The topological polar surface area (TPSA) is 64.3 Å². The minimum Gasteiger partial charge on any atom is -0.438 e. The van der Waals surface area contributed by atoms with Crippen molar-refractivity contribution in [1.29, 1.82) is 0 Å². The number of aromatic nitrogens is 2. The minimum absolute atomic E-state index is 0.524. The quantitative estimate of drug-likeness (QED) is 0.747. The van der Waals surface area contributed by atoms with E-state index in [2.05, 4.69) is 9.97 Å². The van der Waals surface area contributed by atoms with Crippen LogP contribution in [0.2, 0.25) is 0 Å². The molecule has 0 unspecified atom stereocenters. The van der Waals surface area contributed by atoms with Crippen LogP contribution < -0.4 is 15.4 Å². The summed E-state index contributed by atoms with van der Waals surface area (Å²) in [5.41, 5.74) is 8.27. The highest BCUT2D eigenvalue weighted by atomic mass is 16.5. The predicted molar refractivity (Wildman–Crippen MR) is 84.8 cm³/mol. The fraction of sp³-hybridized carbons (Fsp3) is 0.125. The Morgan fingerprint density at radius 2 is 1.90 bits per heavy atom. The van der Waals surface area contributed by atoms with E-state index in [1.54, 1.807) is 6.07 Å². The number of benzene rings is 2. The van der Waals surface area contributed by atoms with Crippen LogP contribution in [-0.4, -0.2) is 24.1 Å². The van der Waals surface area contributed by atoms with Gasteiger partial charge in [0.25, 0.3) is 0 Å². The van der Waals surface area contributed by atoms with Crippen LogP contribution >= 0.6 is 0 Å². The molecule has 0 atom stereocenters. The second kappa shape index (κ2) is 5.28. The summed E-state index contributed by atoms with van der Waals surface area (Å²) in [4.78, 5) is 10.4. The van der Waals surface area contributed by atoms with Gasteiger partial charge in [0, 0.05) is 31.5 Å². The monoisotopic (exact) mass is 280 g/mol. The van der Waals surface area contributed by atoms with Crippen molar-refractivity contribution in [1.82, 2.24) is 9.97 Å². The molecule has 0 radical (unpaired) electrons. The third-order valence-electron chi connectivity index (χ3n) is 3.17. The molecule has 2 N–H and O–H groups in total. The standard InChI is InChI=1S/C16H16N4O/c1-20(2)12-4-3-5-13(9-12)21-16-14-7-6-11(17)8-15(14)18-10-19-16/h3-10H,17H2,1-2H3. The van der Waals surface area contributed by atoms with Gasteiger partial charge in [-0.2, -0.15) is 0 Å². The molecule has 0 amide bonds. The SMILES string of the molecule is CN(C)c1cccc(Oc2ncnc3cc(N)ccc23)c1. The Labute approximate surface area is 123 Å². The third-order valence-corrected chi connectivity index (χ3v) is 3.17. The van der Waals surface area contributed by atoms with E-state index in [-0.39, 0.29) is 0 Å². The summed E-state index contributed by atoms with van der Waals surface area (Å²) in [7, 11) is 3.98. The van der Waals surface area contributed by atoms with Gasteiger partial charge in [-0.3, -0.25) is 0 Å². The Morgan fingerprint density at radius 3 is 2.71 bits per heavy atom. The molecule has 5 nitrogen and oxygen atoms in total. The van der Waals surface area contributed by atoms with Crippen molar-refractivity contribution in [3.05, 3.63) is 48.8 Å². The number of nitrogens with two attached hydrogens (primary N) is 1. The molecule has 0 aliphatic carbocycles. The van der Waals surface area contributed by atoms with Gasteiger partial charge in [-0.05, 0) is 30.3 Å². The fourth-order valence-corrected chi connectivity index (χ4v) is 2.07. The minimum atomic E-state index is 0.524. The molecule has 3 rings (SSSR count). The van der Waals surface area contributed by atoms with Gasteiger partial charge in [0.05, 0.1) is 10.9 Å². The smallest absolute Gasteiger partial charge is 0.230 e. The van der Waals surface area contributed by atoms with Gasteiger partial charge in [0.15, 0.2) is 0 Å². The number of ether oxygens (including phenoxy) is 1. The zero-order valence-corrected chi connectivity index (χ0v) is 11.9. The van der Waals surface area contributed by atoms with Crippen LogP contribution in [0.5, 0.6) is 11.6 Å². The maximum atomic E-state index is 5.90. The summed E-state index contributed by atoms with van der Waals surface area (Å²) in [5, 5.41) is 0.835. The molecule has 106 valence electrons. The second-order valence-corrected chi connectivity index (χ2v) is 4.95. The molecule has 5 heteroatoms. The van der Waals surface area contributed by atoms with Crippen LogP contribution in [0, 0.1) is 0 Å². The highest BCUT2D eigenvalue weighted by Gasteiger charge is 2.07. The van der Waals surface area contributed by atoms with E-state index in [9.17, 15) is 0 Å². The van der Waals surface area contributed by atoms with Crippen molar-refractivity contribution in [2.75, 3.05) is 24.7 Å². The van der Waals surface area contributed by atoms with Crippen molar-refractivity contribution in [2.24, 2.45) is 0 Å². The summed E-state index contributed by atoms with van der Waals surface area (Å²) in [6, 6.07) is 13.3. The number of nitrogens with zero attached hydrogens (tertiary/aromatic N) is 3. The Balaban J connectivity index is 2.00. The summed E-state index contributed by atoms with van der Waals surface area (Å²) in [5.74, 6) is 1.26. The average Bonchev–Trinajstić information content (AvgIpc) is 2.47. The summed E-state index contributed by atoms with van der Waals surface area (Å²) < 4.78 is 5.90. The normalized spacial score (nSPS) is 10.6. The highest BCUT2D eigenvalue weighted by Crippen LogP contribution is 2.29. The molecule has 0 saturated heterocycles. The Hall–Kier alpha value is -2.82. The van der Waals surface area contributed by atoms with Crippen LogP contribution in [0.25, 0.3) is 10.9 Å². The van der Waals surface area contributed by atoms with Crippen LogP contribution in [0.3, 0.4) is 0 Å². The molecule has 1 aromatic heterocycles. The first-order chi connectivity index (χ1) is 10.1. The first-order valence-corrected chi connectivity index (χ1v) is 6.59. The first-order valence-electron chi connectivity index (χ1n) is 6.59. The Bertz CT molecular complexity index is 786. The maximum absolute atomic E-state index is 5.90. The maximum Gasteiger partial charge on any atom is 0.230 e. The van der Waals surface area contributed by atoms with Crippen molar-refractivity contribution in [3.63, 3.8) is 0 Å². The number of rotatable bonds is 3. The van der Waals surface area contributed by atoms with Crippen LogP contribution in [0.15, 0.2) is 48.8 Å². The molecule has 0 fully saturated rings. The molecule has 0 aliphatic heterocycles. The molecule has 0 spiro atoms. The van der Waals surface area contributed by atoms with Gasteiger partial charge in [0.1, 0.15) is 12.1 Å². The molecule has 1 heterocycles. The van der Waals surface area contributed by atoms with Gasteiger partial charge in [-0.25, -0.2) is 9.97 Å². The summed E-state index contributed by atoms with van der Waals surface area (Å²) in [6.45, 7) is 0. The molecule has 0 aliphatic rings. The van der Waals surface area contributed by atoms with Gasteiger partial charge < -0.3 is 15.4 Å². The number of nitrogen functional groups attached to an aromatic ring is 1. The molecular formula is C16H16N4O. The zero-order chi connectivity index (χ0) is 14.8. The van der Waals surface area contributed by atoms with E-state index < -0.39 is 0 Å². The van der Waals surface area contributed by atoms with E-state index in [1.807, 2.05) is 55.4 Å². The summed E-state index contributed by atoms with van der Waals surface area (Å²) in [6.07, 6.45) is 1.48. The van der Waals surface area contributed by atoms with E-state index in [1.165, 1.54) is 6.33 Å². The van der Waals surface area contributed by atoms with Crippen LogP contribution in [0.1, 0.15) is 0 Å². The Morgan fingerprint density at radius 1 is 1.05 bits per heavy atom. The lowest BCUT2D eigenvalue weighted by molar-refractivity contribution is 0.468. The first kappa shape index (κ1) is 13.2. The highest BCUT2D eigenvalue weighted by molar-refractivity contribution is 5.86. The zero-order valence-electron chi connectivity index (χ0n) is 11.9. The lowest BCUT2D eigenvalue weighted by atomic mass is 10.2. The molecule has 0 saturated carbocycles. The number of anilines is 2. The predicted octanol–water partition coefficient (Wildman–Crippen LogP) is 3.07. The lowest BCUT2D eigenvalue weighted by Gasteiger charge is -2.14. The van der Waals surface area contributed by atoms with Crippen molar-refractivity contribution in [2.45, 2.75) is 0 Å². The molecular weight excluding hydrogens is 264 g/mol. The van der Waals surface area contributed by atoms with E-state index in [0.29, 0.717) is 11.6 Å². The second-order valence-electron chi connectivity index (χ2n) is 4.95. The van der Waals surface area contributed by atoms with Crippen molar-refractivity contribution in [3.8, 4) is 11.6 Å². The Kier molecular flexibility index (Phi) is 3.31. The third kappa shape index (κ3) is 2.72. The van der Waals surface area contributed by atoms with E-state index in [4.69, 9.17) is 10.5 Å². The molecule has 3 aromatic rings. The largest absolute Gasteiger partial charge is 0.438 e. The van der Waals surface area contributed by atoms with Gasteiger partial charge in [-0.1, -0.05) is 6.07 Å². The number of fused-ring (bicyclic) bond motifs is 1. The number of hydrogen-bond acceptors (Lipinski definition) is 5. The molecule has 0 bridgehead atoms.